The molecule has 100 valence electrons. The fourth-order valence-electron chi connectivity index (χ4n) is 2.25. The van der Waals surface area contributed by atoms with Gasteiger partial charge in [0.15, 0.2) is 0 Å². The van der Waals surface area contributed by atoms with Crippen LogP contribution < -0.4 is 10.6 Å². The molecule has 1 atom stereocenters. The maximum atomic E-state index is 12.0. The summed E-state index contributed by atoms with van der Waals surface area (Å²) in [6.07, 6.45) is 1.07. The van der Waals surface area contributed by atoms with Crippen LogP contribution in [0.2, 0.25) is 0 Å². The quantitative estimate of drug-likeness (QED) is 0.838. The van der Waals surface area contributed by atoms with Gasteiger partial charge in [0, 0.05) is 12.6 Å². The van der Waals surface area contributed by atoms with Crippen LogP contribution in [0.4, 0.5) is 5.69 Å². The number of para-hydroxylation sites is 1. The summed E-state index contributed by atoms with van der Waals surface area (Å²) in [5.41, 5.74) is 1.06. The molecule has 19 heavy (non-hydrogen) atoms. The fraction of sp³-hybridized carbons (Fsp3) is 0.429. The lowest BCUT2D eigenvalue weighted by Crippen LogP contribution is -2.39. The molecule has 0 aliphatic carbocycles. The average Bonchev–Trinajstić information content (AvgIpc) is 2.93. The molecule has 0 bridgehead atoms. The number of hydrogen-bond acceptors (Lipinski definition) is 4. The Bertz CT molecular complexity index is 488. The van der Waals surface area contributed by atoms with E-state index in [1.54, 1.807) is 24.3 Å². The molecule has 5 nitrogen and oxygen atoms in total. The molecule has 1 unspecified atom stereocenters. The molecule has 1 saturated heterocycles. The zero-order valence-electron chi connectivity index (χ0n) is 11.0. The van der Waals surface area contributed by atoms with Crippen LogP contribution in [0.3, 0.4) is 0 Å². The lowest BCUT2D eigenvalue weighted by molar-refractivity contribution is -0.117. The Morgan fingerprint density at radius 2 is 2.37 bits per heavy atom. The molecule has 1 fully saturated rings. The first kappa shape index (κ1) is 13.5. The van der Waals surface area contributed by atoms with Crippen molar-refractivity contribution >= 4 is 11.6 Å². The maximum Gasteiger partial charge on any atom is 0.238 e. The van der Waals surface area contributed by atoms with E-state index >= 15 is 0 Å². The molecular weight excluding hydrogens is 240 g/mol. The van der Waals surface area contributed by atoms with E-state index in [1.165, 1.54) is 0 Å². The number of nitriles is 1. The van der Waals surface area contributed by atoms with Crippen molar-refractivity contribution in [1.29, 1.82) is 5.26 Å². The van der Waals surface area contributed by atoms with Crippen molar-refractivity contribution in [2.24, 2.45) is 0 Å². The Morgan fingerprint density at radius 3 is 3.05 bits per heavy atom. The molecule has 0 aromatic heterocycles. The Labute approximate surface area is 113 Å². The number of anilines is 1. The minimum atomic E-state index is -0.0860. The zero-order valence-corrected chi connectivity index (χ0v) is 11.0. The molecular formula is C14H18N4O. The number of amides is 1. The summed E-state index contributed by atoms with van der Waals surface area (Å²) in [6, 6.07) is 9.51. The van der Waals surface area contributed by atoms with Gasteiger partial charge in [-0.2, -0.15) is 5.26 Å². The number of carbonyl (C=O) groups is 1. The van der Waals surface area contributed by atoms with Crippen LogP contribution in [-0.2, 0) is 4.79 Å². The summed E-state index contributed by atoms with van der Waals surface area (Å²) < 4.78 is 0. The summed E-state index contributed by atoms with van der Waals surface area (Å²) in [6.45, 7) is 2.28. The Hall–Kier alpha value is -1.90. The van der Waals surface area contributed by atoms with E-state index in [0.717, 1.165) is 19.5 Å². The number of benzene rings is 1. The summed E-state index contributed by atoms with van der Waals surface area (Å²) in [5, 5.41) is 15.0. The van der Waals surface area contributed by atoms with Crippen LogP contribution >= 0.6 is 0 Å². The first-order valence-electron chi connectivity index (χ1n) is 6.40. The number of rotatable bonds is 4. The number of likely N-dealkylation sites (N-methyl/N-ethyl adjacent to an activating group) is 1. The third-order valence-corrected chi connectivity index (χ3v) is 3.37. The molecule has 2 rings (SSSR count). The fourth-order valence-corrected chi connectivity index (χ4v) is 2.25. The van der Waals surface area contributed by atoms with Gasteiger partial charge in [0.1, 0.15) is 6.07 Å². The van der Waals surface area contributed by atoms with Crippen molar-refractivity contribution in [3.63, 3.8) is 0 Å². The second-order valence-electron chi connectivity index (χ2n) is 4.77. The highest BCUT2D eigenvalue weighted by Crippen LogP contribution is 2.13. The van der Waals surface area contributed by atoms with E-state index in [-0.39, 0.29) is 5.91 Å². The van der Waals surface area contributed by atoms with Gasteiger partial charge in [-0.1, -0.05) is 12.1 Å². The first-order valence-corrected chi connectivity index (χ1v) is 6.40. The van der Waals surface area contributed by atoms with Crippen molar-refractivity contribution in [2.75, 3.05) is 32.0 Å². The largest absolute Gasteiger partial charge is 0.324 e. The van der Waals surface area contributed by atoms with Crippen molar-refractivity contribution in [3.8, 4) is 6.07 Å². The molecule has 1 aromatic rings. The van der Waals surface area contributed by atoms with Crippen LogP contribution in [-0.4, -0.2) is 43.5 Å². The summed E-state index contributed by atoms with van der Waals surface area (Å²) in [7, 11) is 1.95. The third kappa shape index (κ3) is 3.53. The summed E-state index contributed by atoms with van der Waals surface area (Å²) in [5.74, 6) is -0.0860. The predicted octanol–water partition coefficient (Wildman–Crippen LogP) is 0.790. The second kappa shape index (κ2) is 6.32. The third-order valence-electron chi connectivity index (χ3n) is 3.37. The number of nitrogens with one attached hydrogen (secondary N) is 2. The predicted molar refractivity (Wildman–Crippen MR) is 73.7 cm³/mol. The van der Waals surface area contributed by atoms with Gasteiger partial charge in [-0.05, 0) is 32.1 Å². The van der Waals surface area contributed by atoms with Crippen LogP contribution in [0.1, 0.15) is 12.0 Å². The number of carbonyl (C=O) groups excluding carboxylic acids is 1. The minimum Gasteiger partial charge on any atom is -0.324 e. The molecule has 0 spiro atoms. The Morgan fingerprint density at radius 1 is 1.58 bits per heavy atom. The molecule has 2 N–H and O–H groups in total. The molecule has 1 aliphatic heterocycles. The topological polar surface area (TPSA) is 68.2 Å². The lowest BCUT2D eigenvalue weighted by atomic mass is 10.2. The van der Waals surface area contributed by atoms with Crippen molar-refractivity contribution in [2.45, 2.75) is 12.5 Å². The Balaban J connectivity index is 1.92. The van der Waals surface area contributed by atoms with E-state index in [4.69, 9.17) is 5.26 Å². The smallest absolute Gasteiger partial charge is 0.238 e. The average molecular weight is 258 g/mol. The SMILES string of the molecule is CN(CC(=O)Nc1ccccc1C#N)C1CCNC1. The minimum absolute atomic E-state index is 0.0860. The van der Waals surface area contributed by atoms with E-state index in [1.807, 2.05) is 11.9 Å². The molecule has 1 heterocycles. The standard InChI is InChI=1S/C14H18N4O/c1-18(12-6-7-16-9-12)10-14(19)17-13-5-3-2-4-11(13)8-15/h2-5,12,16H,6-7,9-10H2,1H3,(H,17,19). The van der Waals surface area contributed by atoms with Gasteiger partial charge < -0.3 is 10.6 Å². The maximum absolute atomic E-state index is 12.0. The van der Waals surface area contributed by atoms with Crippen molar-refractivity contribution < 1.29 is 4.79 Å². The van der Waals surface area contributed by atoms with Gasteiger partial charge in [0.25, 0.3) is 0 Å². The van der Waals surface area contributed by atoms with Crippen LogP contribution in [0.15, 0.2) is 24.3 Å². The lowest BCUT2D eigenvalue weighted by Gasteiger charge is -2.22. The number of hydrogen-bond donors (Lipinski definition) is 2. The molecule has 0 saturated carbocycles. The van der Waals surface area contributed by atoms with Gasteiger partial charge in [0.05, 0.1) is 17.8 Å². The van der Waals surface area contributed by atoms with Gasteiger partial charge in [-0.15, -0.1) is 0 Å². The summed E-state index contributed by atoms with van der Waals surface area (Å²) >= 11 is 0. The molecule has 1 aromatic carbocycles. The van der Waals surface area contributed by atoms with Crippen LogP contribution in [0.25, 0.3) is 0 Å². The zero-order chi connectivity index (χ0) is 13.7. The number of nitrogens with zero attached hydrogens (tertiary/aromatic N) is 2. The van der Waals surface area contributed by atoms with Gasteiger partial charge in [-0.3, -0.25) is 9.69 Å². The van der Waals surface area contributed by atoms with Crippen molar-refractivity contribution in [1.82, 2.24) is 10.2 Å². The Kier molecular flexibility index (Phi) is 4.50. The van der Waals surface area contributed by atoms with Gasteiger partial charge in [0.2, 0.25) is 5.91 Å². The van der Waals surface area contributed by atoms with E-state index in [2.05, 4.69) is 16.7 Å². The van der Waals surface area contributed by atoms with Crippen LogP contribution in [0.5, 0.6) is 0 Å². The molecule has 1 amide bonds. The molecule has 5 heteroatoms. The first-order chi connectivity index (χ1) is 9.20. The van der Waals surface area contributed by atoms with Gasteiger partial charge in [-0.25, -0.2) is 0 Å². The van der Waals surface area contributed by atoms with Crippen molar-refractivity contribution in [3.05, 3.63) is 29.8 Å². The monoisotopic (exact) mass is 258 g/mol. The molecule has 0 radical (unpaired) electrons. The van der Waals surface area contributed by atoms with E-state index in [0.29, 0.717) is 23.8 Å². The van der Waals surface area contributed by atoms with Crippen LogP contribution in [0, 0.1) is 11.3 Å². The highest BCUT2D eigenvalue weighted by molar-refractivity contribution is 5.93. The normalized spacial score (nSPS) is 18.3. The highest BCUT2D eigenvalue weighted by atomic mass is 16.2. The molecule has 1 aliphatic rings. The second-order valence-corrected chi connectivity index (χ2v) is 4.77. The van der Waals surface area contributed by atoms with E-state index < -0.39 is 0 Å². The highest BCUT2D eigenvalue weighted by Gasteiger charge is 2.21. The summed E-state index contributed by atoms with van der Waals surface area (Å²) in [4.78, 5) is 14.0. The van der Waals surface area contributed by atoms with E-state index in [9.17, 15) is 4.79 Å². The van der Waals surface area contributed by atoms with Gasteiger partial charge >= 0.3 is 0 Å².